The molecule has 0 unspecified atom stereocenters. The van der Waals surface area contributed by atoms with Crippen LogP contribution in [-0.2, 0) is 11.2 Å². The second-order valence-corrected chi connectivity index (χ2v) is 4.26. The molecular formula is C14H13NO4. The van der Waals surface area contributed by atoms with Gasteiger partial charge in [-0.3, -0.25) is 9.59 Å². The number of ketones is 1. The zero-order chi connectivity index (χ0) is 14.0. The highest BCUT2D eigenvalue weighted by atomic mass is 16.5. The van der Waals surface area contributed by atoms with Gasteiger partial charge in [0.15, 0.2) is 5.78 Å². The van der Waals surface area contributed by atoms with E-state index in [2.05, 4.69) is 5.16 Å². The van der Waals surface area contributed by atoms with Gasteiger partial charge in [0.1, 0.15) is 5.76 Å². The molecule has 0 atom stereocenters. The van der Waals surface area contributed by atoms with E-state index >= 15 is 0 Å². The van der Waals surface area contributed by atoms with Crippen molar-refractivity contribution in [3.63, 3.8) is 0 Å². The average molecular weight is 259 g/mol. The first kappa shape index (κ1) is 13.0. The summed E-state index contributed by atoms with van der Waals surface area (Å²) in [5.74, 6) is -0.792. The predicted molar refractivity (Wildman–Crippen MR) is 67.2 cm³/mol. The van der Waals surface area contributed by atoms with E-state index in [4.69, 9.17) is 9.63 Å². The SMILES string of the molecule is Cc1noc(C)c1C(=O)c1ccccc1CC(=O)O. The van der Waals surface area contributed by atoms with E-state index in [0.29, 0.717) is 28.1 Å². The summed E-state index contributed by atoms with van der Waals surface area (Å²) in [5.41, 5.74) is 1.77. The van der Waals surface area contributed by atoms with Crippen LogP contribution in [0.3, 0.4) is 0 Å². The van der Waals surface area contributed by atoms with Crippen molar-refractivity contribution in [2.45, 2.75) is 20.3 Å². The second-order valence-electron chi connectivity index (χ2n) is 4.26. The van der Waals surface area contributed by atoms with Crippen LogP contribution in [0.5, 0.6) is 0 Å². The Hall–Kier alpha value is -2.43. The van der Waals surface area contributed by atoms with E-state index in [9.17, 15) is 9.59 Å². The molecule has 0 saturated heterocycles. The molecule has 0 saturated carbocycles. The normalized spacial score (nSPS) is 10.4. The topological polar surface area (TPSA) is 80.4 Å². The highest BCUT2D eigenvalue weighted by Crippen LogP contribution is 2.20. The number of aromatic nitrogens is 1. The lowest BCUT2D eigenvalue weighted by atomic mass is 9.96. The molecule has 0 bridgehead atoms. The summed E-state index contributed by atoms with van der Waals surface area (Å²) >= 11 is 0. The van der Waals surface area contributed by atoms with Crippen LogP contribution in [0.25, 0.3) is 0 Å². The summed E-state index contributed by atoms with van der Waals surface area (Å²) in [6, 6.07) is 6.67. The van der Waals surface area contributed by atoms with Gasteiger partial charge in [-0.15, -0.1) is 0 Å². The molecule has 1 N–H and O–H groups in total. The van der Waals surface area contributed by atoms with Crippen LogP contribution in [0.15, 0.2) is 28.8 Å². The first-order chi connectivity index (χ1) is 9.00. The van der Waals surface area contributed by atoms with Gasteiger partial charge in [0.25, 0.3) is 0 Å². The van der Waals surface area contributed by atoms with Gasteiger partial charge in [-0.2, -0.15) is 0 Å². The lowest BCUT2D eigenvalue weighted by Gasteiger charge is -2.06. The number of nitrogens with zero attached hydrogens (tertiary/aromatic N) is 1. The molecule has 2 aromatic rings. The summed E-state index contributed by atoms with van der Waals surface area (Å²) in [7, 11) is 0. The van der Waals surface area contributed by atoms with Crippen LogP contribution in [0.2, 0.25) is 0 Å². The fraction of sp³-hybridized carbons (Fsp3) is 0.214. The number of rotatable bonds is 4. The molecule has 0 aliphatic carbocycles. The van der Waals surface area contributed by atoms with Crippen LogP contribution in [0.4, 0.5) is 0 Å². The molecule has 98 valence electrons. The number of carboxylic acids is 1. The molecule has 5 nitrogen and oxygen atoms in total. The minimum Gasteiger partial charge on any atom is -0.481 e. The van der Waals surface area contributed by atoms with Crippen molar-refractivity contribution in [1.82, 2.24) is 5.16 Å². The third-order valence-corrected chi connectivity index (χ3v) is 2.86. The Morgan fingerprint density at radius 1 is 1.26 bits per heavy atom. The maximum Gasteiger partial charge on any atom is 0.307 e. The van der Waals surface area contributed by atoms with Crippen LogP contribution in [0.1, 0.15) is 32.9 Å². The van der Waals surface area contributed by atoms with E-state index in [0.717, 1.165) is 0 Å². The third-order valence-electron chi connectivity index (χ3n) is 2.86. The van der Waals surface area contributed by atoms with Crippen molar-refractivity contribution in [3.05, 3.63) is 52.4 Å². The van der Waals surface area contributed by atoms with Gasteiger partial charge >= 0.3 is 5.97 Å². The molecular weight excluding hydrogens is 246 g/mol. The molecule has 1 aromatic carbocycles. The Kier molecular flexibility index (Phi) is 3.46. The minimum absolute atomic E-state index is 0.189. The number of benzene rings is 1. The largest absolute Gasteiger partial charge is 0.481 e. The van der Waals surface area contributed by atoms with Gasteiger partial charge in [0.05, 0.1) is 17.7 Å². The predicted octanol–water partition coefficient (Wildman–Crippen LogP) is 2.15. The van der Waals surface area contributed by atoms with Crippen molar-refractivity contribution in [1.29, 1.82) is 0 Å². The number of aryl methyl sites for hydroxylation is 2. The highest BCUT2D eigenvalue weighted by Gasteiger charge is 2.21. The molecule has 0 aliphatic heterocycles. The van der Waals surface area contributed by atoms with Gasteiger partial charge in [-0.25, -0.2) is 0 Å². The molecule has 1 heterocycles. The number of carboxylic acid groups (broad SMARTS) is 1. The van der Waals surface area contributed by atoms with E-state index < -0.39 is 5.97 Å². The minimum atomic E-state index is -0.973. The van der Waals surface area contributed by atoms with Crippen molar-refractivity contribution in [2.24, 2.45) is 0 Å². The summed E-state index contributed by atoms with van der Waals surface area (Å²) in [6.45, 7) is 3.34. The molecule has 1 aromatic heterocycles. The fourth-order valence-electron chi connectivity index (χ4n) is 2.00. The standard InChI is InChI=1S/C14H13NO4/c1-8-13(9(2)19-15-8)14(18)11-6-4-3-5-10(11)7-12(16)17/h3-6H,7H2,1-2H3,(H,16,17). The third kappa shape index (κ3) is 2.54. The Labute approximate surface area is 109 Å². The molecule has 5 heteroatoms. The van der Waals surface area contributed by atoms with E-state index in [1.54, 1.807) is 38.1 Å². The lowest BCUT2D eigenvalue weighted by Crippen LogP contribution is -2.10. The Balaban J connectivity index is 2.48. The second kappa shape index (κ2) is 5.06. The number of hydrogen-bond acceptors (Lipinski definition) is 4. The van der Waals surface area contributed by atoms with Crippen LogP contribution < -0.4 is 0 Å². The summed E-state index contributed by atoms with van der Waals surface area (Å²) < 4.78 is 4.97. The Morgan fingerprint density at radius 2 is 1.95 bits per heavy atom. The first-order valence-electron chi connectivity index (χ1n) is 5.78. The van der Waals surface area contributed by atoms with Gasteiger partial charge in [-0.05, 0) is 19.4 Å². The summed E-state index contributed by atoms with van der Waals surface area (Å²) in [4.78, 5) is 23.3. The zero-order valence-electron chi connectivity index (χ0n) is 10.6. The van der Waals surface area contributed by atoms with Crippen LogP contribution in [0, 0.1) is 13.8 Å². The maximum absolute atomic E-state index is 12.5. The monoisotopic (exact) mass is 259 g/mol. The number of carbonyl (C=O) groups excluding carboxylic acids is 1. The number of hydrogen-bond donors (Lipinski definition) is 1. The Bertz CT molecular complexity index is 623. The fourth-order valence-corrected chi connectivity index (χ4v) is 2.00. The van der Waals surface area contributed by atoms with Crippen LogP contribution >= 0.6 is 0 Å². The molecule has 0 radical (unpaired) electrons. The zero-order valence-corrected chi connectivity index (χ0v) is 10.6. The van der Waals surface area contributed by atoms with Gasteiger partial charge in [-0.1, -0.05) is 29.4 Å². The van der Waals surface area contributed by atoms with Crippen molar-refractivity contribution >= 4 is 11.8 Å². The first-order valence-corrected chi connectivity index (χ1v) is 5.78. The summed E-state index contributed by atoms with van der Waals surface area (Å²) in [5, 5.41) is 12.6. The summed E-state index contributed by atoms with van der Waals surface area (Å²) in [6.07, 6.45) is -0.189. The van der Waals surface area contributed by atoms with Crippen LogP contribution in [-0.4, -0.2) is 22.0 Å². The smallest absolute Gasteiger partial charge is 0.307 e. The van der Waals surface area contributed by atoms with E-state index in [1.165, 1.54) is 0 Å². The van der Waals surface area contributed by atoms with Gasteiger partial charge in [0, 0.05) is 5.56 Å². The van der Waals surface area contributed by atoms with Crippen molar-refractivity contribution in [2.75, 3.05) is 0 Å². The Morgan fingerprint density at radius 3 is 2.53 bits per heavy atom. The number of aliphatic carboxylic acids is 1. The lowest BCUT2D eigenvalue weighted by molar-refractivity contribution is -0.136. The molecule has 0 aliphatic rings. The molecule has 0 spiro atoms. The van der Waals surface area contributed by atoms with Gasteiger partial charge < -0.3 is 9.63 Å². The average Bonchev–Trinajstić information content (AvgIpc) is 2.68. The quantitative estimate of drug-likeness (QED) is 0.851. The molecule has 0 fully saturated rings. The van der Waals surface area contributed by atoms with Crippen molar-refractivity contribution < 1.29 is 19.2 Å². The van der Waals surface area contributed by atoms with Crippen molar-refractivity contribution in [3.8, 4) is 0 Å². The highest BCUT2D eigenvalue weighted by molar-refractivity contribution is 6.11. The maximum atomic E-state index is 12.5. The van der Waals surface area contributed by atoms with Gasteiger partial charge in [0.2, 0.25) is 0 Å². The molecule has 0 amide bonds. The number of carbonyl (C=O) groups is 2. The van der Waals surface area contributed by atoms with E-state index in [-0.39, 0.29) is 12.2 Å². The molecule has 2 rings (SSSR count). The van der Waals surface area contributed by atoms with E-state index in [1.807, 2.05) is 0 Å². The molecule has 19 heavy (non-hydrogen) atoms.